The number of carboxylic acids is 2. The number of nitriles is 2. The van der Waals surface area contributed by atoms with Gasteiger partial charge in [-0.1, -0.05) is 11.8 Å². The molecule has 0 amide bonds. The predicted octanol–water partition coefficient (Wildman–Crippen LogP) is 2.98. The number of aromatic carboxylic acids is 2. The molecule has 0 bridgehead atoms. The number of rotatable bonds is 4. The highest BCUT2D eigenvalue weighted by Gasteiger charge is 2.13. The van der Waals surface area contributed by atoms with Gasteiger partial charge in [0, 0.05) is 9.79 Å². The summed E-state index contributed by atoms with van der Waals surface area (Å²) in [6.45, 7) is 0. The molecule has 0 aliphatic rings. The van der Waals surface area contributed by atoms with E-state index in [0.717, 1.165) is 17.8 Å². The van der Waals surface area contributed by atoms with Crippen molar-refractivity contribution in [3.05, 3.63) is 58.7 Å². The Kier molecular flexibility index (Phi) is 4.65. The van der Waals surface area contributed by atoms with Crippen LogP contribution >= 0.6 is 11.8 Å². The number of benzene rings is 2. The third kappa shape index (κ3) is 3.67. The SMILES string of the molecule is N#Cc1ccc(Sc2cc(C(=O)O)cc(C(=O)O)c2)cc1C#N. The molecule has 2 rings (SSSR count). The van der Waals surface area contributed by atoms with Gasteiger partial charge in [-0.3, -0.25) is 0 Å². The summed E-state index contributed by atoms with van der Waals surface area (Å²) in [5.41, 5.74) is 0.163. The Morgan fingerprint density at radius 1 is 0.826 bits per heavy atom. The van der Waals surface area contributed by atoms with Gasteiger partial charge in [-0.15, -0.1) is 0 Å². The lowest BCUT2D eigenvalue weighted by atomic mass is 10.1. The second kappa shape index (κ2) is 6.65. The van der Waals surface area contributed by atoms with Crippen LogP contribution in [0.2, 0.25) is 0 Å². The van der Waals surface area contributed by atoms with E-state index in [-0.39, 0.29) is 22.3 Å². The molecule has 0 unspecified atom stereocenters. The average Bonchev–Trinajstić information content (AvgIpc) is 2.54. The lowest BCUT2D eigenvalue weighted by molar-refractivity contribution is 0.0696. The zero-order chi connectivity index (χ0) is 17.0. The summed E-state index contributed by atoms with van der Waals surface area (Å²) in [5, 5.41) is 36.0. The summed E-state index contributed by atoms with van der Waals surface area (Å²) in [5.74, 6) is -2.46. The van der Waals surface area contributed by atoms with E-state index < -0.39 is 11.9 Å². The van der Waals surface area contributed by atoms with Crippen LogP contribution in [0.15, 0.2) is 46.2 Å². The number of hydrogen-bond donors (Lipinski definition) is 2. The van der Waals surface area contributed by atoms with Crippen molar-refractivity contribution in [2.45, 2.75) is 9.79 Å². The van der Waals surface area contributed by atoms with Crippen LogP contribution in [-0.2, 0) is 0 Å². The molecule has 0 heterocycles. The predicted molar refractivity (Wildman–Crippen MR) is 80.4 cm³/mol. The molecule has 0 atom stereocenters. The summed E-state index contributed by atoms with van der Waals surface area (Å²) in [7, 11) is 0. The van der Waals surface area contributed by atoms with Gasteiger partial charge in [-0.2, -0.15) is 10.5 Å². The third-order valence-corrected chi connectivity index (χ3v) is 3.83. The van der Waals surface area contributed by atoms with Gasteiger partial charge >= 0.3 is 11.9 Å². The summed E-state index contributed by atoms with van der Waals surface area (Å²) < 4.78 is 0. The molecule has 0 saturated carbocycles. The van der Waals surface area contributed by atoms with Crippen LogP contribution in [0.4, 0.5) is 0 Å². The molecule has 0 aliphatic carbocycles. The van der Waals surface area contributed by atoms with Crippen molar-refractivity contribution in [1.82, 2.24) is 0 Å². The highest BCUT2D eigenvalue weighted by molar-refractivity contribution is 7.99. The van der Waals surface area contributed by atoms with E-state index in [9.17, 15) is 9.59 Å². The summed E-state index contributed by atoms with van der Waals surface area (Å²) in [6.07, 6.45) is 0. The lowest BCUT2D eigenvalue weighted by Gasteiger charge is -2.06. The molecule has 7 heteroatoms. The second-order valence-corrected chi connectivity index (χ2v) is 5.54. The van der Waals surface area contributed by atoms with Crippen molar-refractivity contribution < 1.29 is 19.8 Å². The first-order valence-corrected chi connectivity index (χ1v) is 7.00. The maximum Gasteiger partial charge on any atom is 0.335 e. The fraction of sp³-hybridized carbons (Fsp3) is 0. The van der Waals surface area contributed by atoms with Crippen molar-refractivity contribution in [3.8, 4) is 12.1 Å². The second-order valence-electron chi connectivity index (χ2n) is 4.39. The zero-order valence-electron chi connectivity index (χ0n) is 11.5. The van der Waals surface area contributed by atoms with E-state index in [1.54, 1.807) is 6.07 Å². The van der Waals surface area contributed by atoms with Gasteiger partial charge in [0.2, 0.25) is 0 Å². The molecule has 6 nitrogen and oxygen atoms in total. The highest BCUT2D eigenvalue weighted by atomic mass is 32.2. The molecular weight excluding hydrogens is 316 g/mol. The van der Waals surface area contributed by atoms with E-state index in [4.69, 9.17) is 20.7 Å². The molecule has 0 spiro atoms. The minimum absolute atomic E-state index is 0.137. The fourth-order valence-corrected chi connectivity index (χ4v) is 2.77. The van der Waals surface area contributed by atoms with Gasteiger partial charge in [-0.05, 0) is 36.4 Å². The molecule has 0 aliphatic heterocycles. The van der Waals surface area contributed by atoms with Gasteiger partial charge in [0.15, 0.2) is 0 Å². The van der Waals surface area contributed by atoms with E-state index >= 15 is 0 Å². The monoisotopic (exact) mass is 324 g/mol. The van der Waals surface area contributed by atoms with Crippen LogP contribution in [-0.4, -0.2) is 22.2 Å². The molecule has 2 aromatic carbocycles. The summed E-state index contributed by atoms with van der Waals surface area (Å²) in [4.78, 5) is 23.2. The third-order valence-electron chi connectivity index (χ3n) is 2.87. The van der Waals surface area contributed by atoms with Gasteiger partial charge < -0.3 is 10.2 Å². The van der Waals surface area contributed by atoms with Crippen LogP contribution in [0.3, 0.4) is 0 Å². The maximum atomic E-state index is 11.1. The minimum atomic E-state index is -1.23. The topological polar surface area (TPSA) is 122 Å². The molecule has 23 heavy (non-hydrogen) atoms. The maximum absolute atomic E-state index is 11.1. The first-order chi connectivity index (χ1) is 10.9. The number of carboxylic acid groups (broad SMARTS) is 2. The van der Waals surface area contributed by atoms with E-state index in [1.807, 2.05) is 12.1 Å². The van der Waals surface area contributed by atoms with Crippen LogP contribution in [0.5, 0.6) is 0 Å². The summed E-state index contributed by atoms with van der Waals surface area (Å²) >= 11 is 1.11. The average molecular weight is 324 g/mol. The molecule has 0 aromatic heterocycles. The Bertz CT molecular complexity index is 862. The van der Waals surface area contributed by atoms with E-state index in [1.165, 1.54) is 24.3 Å². The smallest absolute Gasteiger partial charge is 0.335 e. The van der Waals surface area contributed by atoms with Crippen molar-refractivity contribution in [2.75, 3.05) is 0 Å². The molecule has 112 valence electrons. The molecule has 2 aromatic rings. The van der Waals surface area contributed by atoms with E-state index in [2.05, 4.69) is 0 Å². The number of carbonyl (C=O) groups is 2. The van der Waals surface area contributed by atoms with Gasteiger partial charge in [0.25, 0.3) is 0 Å². The van der Waals surface area contributed by atoms with Gasteiger partial charge in [0.1, 0.15) is 12.1 Å². The number of hydrogen-bond acceptors (Lipinski definition) is 5. The standard InChI is InChI=1S/C16H8N2O4S/c17-7-9-1-2-13(6-12(9)8-18)23-14-4-10(15(19)20)3-11(5-14)16(21)22/h1-6H,(H,19,20)(H,21,22). The quantitative estimate of drug-likeness (QED) is 0.886. The van der Waals surface area contributed by atoms with Crippen LogP contribution in [0, 0.1) is 22.7 Å². The lowest BCUT2D eigenvalue weighted by Crippen LogP contribution is -2.02. The molecular formula is C16H8N2O4S. The Hall–Kier alpha value is -3.29. The minimum Gasteiger partial charge on any atom is -0.478 e. The Labute approximate surface area is 135 Å². The largest absolute Gasteiger partial charge is 0.478 e. The highest BCUT2D eigenvalue weighted by Crippen LogP contribution is 2.30. The van der Waals surface area contributed by atoms with Crippen molar-refractivity contribution >= 4 is 23.7 Å². The number of nitrogens with zero attached hydrogens (tertiary/aromatic N) is 2. The Morgan fingerprint density at radius 3 is 1.87 bits per heavy atom. The Balaban J connectivity index is 2.44. The van der Waals surface area contributed by atoms with Crippen molar-refractivity contribution in [2.24, 2.45) is 0 Å². The summed E-state index contributed by atoms with van der Waals surface area (Å²) in [6, 6.07) is 12.2. The molecule has 0 radical (unpaired) electrons. The normalized spacial score (nSPS) is 9.65. The zero-order valence-corrected chi connectivity index (χ0v) is 12.3. The fourth-order valence-electron chi connectivity index (χ4n) is 1.82. The molecule has 0 saturated heterocycles. The first kappa shape index (κ1) is 16.1. The van der Waals surface area contributed by atoms with E-state index in [0.29, 0.717) is 9.79 Å². The van der Waals surface area contributed by atoms with Gasteiger partial charge in [0.05, 0.1) is 22.3 Å². The first-order valence-electron chi connectivity index (χ1n) is 6.18. The van der Waals surface area contributed by atoms with Crippen LogP contribution < -0.4 is 0 Å². The Morgan fingerprint density at radius 2 is 1.39 bits per heavy atom. The molecule has 0 fully saturated rings. The van der Waals surface area contributed by atoms with Crippen molar-refractivity contribution in [1.29, 1.82) is 10.5 Å². The van der Waals surface area contributed by atoms with Crippen LogP contribution in [0.25, 0.3) is 0 Å². The van der Waals surface area contributed by atoms with Crippen molar-refractivity contribution in [3.63, 3.8) is 0 Å². The van der Waals surface area contributed by atoms with Crippen LogP contribution in [0.1, 0.15) is 31.8 Å². The molecule has 2 N–H and O–H groups in total. The van der Waals surface area contributed by atoms with Gasteiger partial charge in [-0.25, -0.2) is 9.59 Å².